The fourth-order valence-corrected chi connectivity index (χ4v) is 2.02. The van der Waals surface area contributed by atoms with E-state index in [-0.39, 0.29) is 0 Å². The van der Waals surface area contributed by atoms with Crippen LogP contribution in [-0.2, 0) is 28.6 Å². The summed E-state index contributed by atoms with van der Waals surface area (Å²) >= 11 is 0. The highest BCUT2D eigenvalue weighted by atomic mass is 32.2. The normalized spacial score (nSPS) is 23.3. The Kier molecular flexibility index (Phi) is 4.86. The molecule has 0 saturated carbocycles. The summed E-state index contributed by atoms with van der Waals surface area (Å²) in [6.45, 7) is 0.547. The number of hydrogen-bond acceptors (Lipinski definition) is 6. The Morgan fingerprint density at radius 3 is 2.13 bits per heavy atom. The summed E-state index contributed by atoms with van der Waals surface area (Å²) in [6, 6.07) is 0. The maximum absolute atomic E-state index is 12.9. The molecule has 0 amide bonds. The van der Waals surface area contributed by atoms with Crippen molar-refractivity contribution in [3.8, 4) is 0 Å². The summed E-state index contributed by atoms with van der Waals surface area (Å²) in [5.74, 6) is -4.20. The first kappa shape index (κ1) is 19.4. The molecule has 0 aromatic heterocycles. The maximum atomic E-state index is 12.9. The Morgan fingerprint density at radius 1 is 1.22 bits per heavy atom. The number of alkyl halides is 6. The van der Waals surface area contributed by atoms with Gasteiger partial charge in [0.2, 0.25) is 11.4 Å². The molecule has 1 aliphatic heterocycles. The van der Waals surface area contributed by atoms with E-state index in [1.807, 2.05) is 0 Å². The van der Waals surface area contributed by atoms with Crippen LogP contribution in [0.4, 0.5) is 26.3 Å². The quantitative estimate of drug-likeness (QED) is 0.328. The van der Waals surface area contributed by atoms with Gasteiger partial charge < -0.3 is 13.7 Å². The van der Waals surface area contributed by atoms with Crippen LogP contribution < -0.4 is 0 Å². The van der Waals surface area contributed by atoms with Crippen molar-refractivity contribution < 1.29 is 53.2 Å². The number of carbonyl (C=O) groups is 1. The van der Waals surface area contributed by atoms with E-state index in [9.17, 15) is 39.6 Å². The molecule has 13 heteroatoms. The van der Waals surface area contributed by atoms with Crippen LogP contribution >= 0.6 is 0 Å². The van der Waals surface area contributed by atoms with Gasteiger partial charge >= 0.3 is 27.8 Å². The van der Waals surface area contributed by atoms with E-state index in [0.717, 1.165) is 0 Å². The van der Waals surface area contributed by atoms with Crippen LogP contribution in [0.5, 0.6) is 0 Å². The number of methoxy groups -OCH3 is 1. The molecule has 0 aromatic rings. The van der Waals surface area contributed by atoms with Gasteiger partial charge in [0.15, 0.2) is 5.76 Å². The molecule has 6 nitrogen and oxygen atoms in total. The maximum Gasteiger partial charge on any atom is 0.534 e. The summed E-state index contributed by atoms with van der Waals surface area (Å²) in [6.07, 6.45) is -6.86. The van der Waals surface area contributed by atoms with E-state index in [4.69, 9.17) is 0 Å². The average molecular weight is 372 g/mol. The number of halogens is 6. The topological polar surface area (TPSA) is 78.9 Å². The first-order valence-electron chi connectivity index (χ1n) is 5.72. The van der Waals surface area contributed by atoms with Crippen molar-refractivity contribution in [2.75, 3.05) is 7.11 Å². The van der Waals surface area contributed by atoms with Gasteiger partial charge in [-0.05, 0) is 6.92 Å². The molecule has 0 unspecified atom stereocenters. The molecule has 0 fully saturated rings. The third-order valence-electron chi connectivity index (χ3n) is 2.87. The molecule has 0 spiro atoms. The number of ether oxygens (including phenoxy) is 2. The highest BCUT2D eigenvalue weighted by molar-refractivity contribution is 7.87. The predicted molar refractivity (Wildman–Crippen MR) is 59.9 cm³/mol. The first-order valence-corrected chi connectivity index (χ1v) is 7.13. The first-order chi connectivity index (χ1) is 10.1. The third kappa shape index (κ3) is 3.82. The lowest BCUT2D eigenvalue weighted by atomic mass is 9.95. The number of hydrogen-bond donors (Lipinski definition) is 0. The smallest absolute Gasteiger partial charge is 0.468 e. The molecular formula is C10H10F6O6S. The van der Waals surface area contributed by atoms with Gasteiger partial charge in [-0.25, -0.2) is 4.79 Å². The lowest BCUT2D eigenvalue weighted by Crippen LogP contribution is -2.48. The lowest BCUT2D eigenvalue weighted by Gasteiger charge is -2.36. The summed E-state index contributed by atoms with van der Waals surface area (Å²) in [4.78, 5) is 11.4. The van der Waals surface area contributed by atoms with Crippen molar-refractivity contribution in [3.05, 3.63) is 11.5 Å². The highest BCUT2D eigenvalue weighted by Crippen LogP contribution is 2.44. The molecule has 0 saturated heterocycles. The second-order valence-corrected chi connectivity index (χ2v) is 6.10. The number of allylic oxidation sites excluding steroid dienone is 1. The molecule has 23 heavy (non-hydrogen) atoms. The second kappa shape index (κ2) is 5.76. The minimum atomic E-state index is -6.17. The van der Waals surface area contributed by atoms with Crippen molar-refractivity contribution >= 4 is 16.1 Å². The predicted octanol–water partition coefficient (Wildman–Crippen LogP) is 2.37. The highest BCUT2D eigenvalue weighted by Gasteiger charge is 2.57. The van der Waals surface area contributed by atoms with Gasteiger partial charge in [0.05, 0.1) is 7.11 Å². The van der Waals surface area contributed by atoms with Crippen LogP contribution in [-0.4, -0.2) is 38.8 Å². The number of carbonyl (C=O) groups excluding carboxylic acids is 1. The zero-order valence-corrected chi connectivity index (χ0v) is 12.4. The molecule has 0 radical (unpaired) electrons. The van der Waals surface area contributed by atoms with E-state index in [2.05, 4.69) is 13.7 Å². The Morgan fingerprint density at radius 2 is 1.74 bits per heavy atom. The zero-order valence-electron chi connectivity index (χ0n) is 11.5. The molecule has 1 atom stereocenters. The molecule has 1 rings (SSSR count). The zero-order chi connectivity index (χ0) is 18.3. The van der Waals surface area contributed by atoms with Crippen molar-refractivity contribution in [2.24, 2.45) is 0 Å². The van der Waals surface area contributed by atoms with E-state index in [1.54, 1.807) is 0 Å². The van der Waals surface area contributed by atoms with Crippen molar-refractivity contribution in [2.45, 2.75) is 37.1 Å². The second-order valence-electron chi connectivity index (χ2n) is 4.56. The van der Waals surface area contributed by atoms with Crippen LogP contribution in [0.2, 0.25) is 0 Å². The molecule has 134 valence electrons. The van der Waals surface area contributed by atoms with Crippen molar-refractivity contribution in [1.82, 2.24) is 0 Å². The minimum absolute atomic E-state index is 0.547. The SMILES string of the molecule is COC(=O)C1=C(OS(=O)(=O)C(F)(F)F)CC[C@](C)(C(F)(F)F)O1. The molecule has 0 N–H and O–H groups in total. The summed E-state index contributed by atoms with van der Waals surface area (Å²) in [7, 11) is -5.46. The Labute approximate surface area is 126 Å². The fourth-order valence-electron chi connectivity index (χ4n) is 1.51. The third-order valence-corrected chi connectivity index (χ3v) is 3.86. The standard InChI is InChI=1S/C10H10F6O6S/c1-8(9(11,12)13)4-3-5(6(21-8)7(17)20-2)22-23(18,19)10(14,15)16/h3-4H2,1-2H3/t8-/m1/s1. The molecule has 1 heterocycles. The molecular weight excluding hydrogens is 362 g/mol. The van der Waals surface area contributed by atoms with Crippen LogP contribution in [0.3, 0.4) is 0 Å². The van der Waals surface area contributed by atoms with Gasteiger partial charge in [0, 0.05) is 12.8 Å². The van der Waals surface area contributed by atoms with Crippen LogP contribution in [0.25, 0.3) is 0 Å². The largest absolute Gasteiger partial charge is 0.534 e. The van der Waals surface area contributed by atoms with Crippen LogP contribution in [0.15, 0.2) is 11.5 Å². The molecule has 1 aliphatic rings. The van der Waals surface area contributed by atoms with Gasteiger partial charge in [0.25, 0.3) is 0 Å². The molecule has 0 aromatic carbocycles. The van der Waals surface area contributed by atoms with Gasteiger partial charge in [-0.2, -0.15) is 34.8 Å². The van der Waals surface area contributed by atoms with E-state index >= 15 is 0 Å². The van der Waals surface area contributed by atoms with Gasteiger partial charge in [0.1, 0.15) is 0 Å². The van der Waals surface area contributed by atoms with Crippen molar-refractivity contribution in [3.63, 3.8) is 0 Å². The minimum Gasteiger partial charge on any atom is -0.468 e. The number of rotatable bonds is 3. The van der Waals surface area contributed by atoms with E-state index in [0.29, 0.717) is 14.0 Å². The van der Waals surface area contributed by atoms with E-state index in [1.165, 1.54) is 0 Å². The van der Waals surface area contributed by atoms with Gasteiger partial charge in [-0.3, -0.25) is 0 Å². The molecule has 0 bridgehead atoms. The summed E-state index contributed by atoms with van der Waals surface area (Å²) in [5.41, 5.74) is -8.74. The molecule has 0 aliphatic carbocycles. The van der Waals surface area contributed by atoms with Gasteiger partial charge in [-0.1, -0.05) is 0 Å². The van der Waals surface area contributed by atoms with Crippen molar-refractivity contribution in [1.29, 1.82) is 0 Å². The number of esters is 1. The van der Waals surface area contributed by atoms with Crippen LogP contribution in [0.1, 0.15) is 19.8 Å². The lowest BCUT2D eigenvalue weighted by molar-refractivity contribution is -0.266. The van der Waals surface area contributed by atoms with Crippen LogP contribution in [0, 0.1) is 0 Å². The van der Waals surface area contributed by atoms with E-state index < -0.39 is 57.7 Å². The summed E-state index contributed by atoms with van der Waals surface area (Å²) < 4.78 is 109. The fraction of sp³-hybridized carbons (Fsp3) is 0.700. The monoisotopic (exact) mass is 372 g/mol. The Bertz CT molecular complexity index is 619. The van der Waals surface area contributed by atoms with Gasteiger partial charge in [-0.15, -0.1) is 0 Å². The Hall–Kier alpha value is -1.66. The Balaban J connectivity index is 3.30. The summed E-state index contributed by atoms with van der Waals surface area (Å²) in [5, 5.41) is 0. The average Bonchev–Trinajstić information content (AvgIpc) is 2.37.